The number of nitrogens with one attached hydrogen (secondary N) is 1. The van der Waals surface area contributed by atoms with Crippen molar-refractivity contribution in [3.8, 4) is 5.75 Å². The maximum absolute atomic E-state index is 9.74. The van der Waals surface area contributed by atoms with Gasteiger partial charge in [0.05, 0.1) is 5.02 Å². The summed E-state index contributed by atoms with van der Waals surface area (Å²) in [5.74, 6) is 0.704. The molecule has 1 unspecified atom stereocenters. The lowest BCUT2D eigenvalue weighted by atomic mass is 9.98. The molecule has 4 heteroatoms. The van der Waals surface area contributed by atoms with Crippen molar-refractivity contribution in [1.29, 1.82) is 0 Å². The summed E-state index contributed by atoms with van der Waals surface area (Å²) >= 11 is 9.23. The summed E-state index contributed by atoms with van der Waals surface area (Å²) in [6.45, 7) is 1.95. The lowest BCUT2D eigenvalue weighted by Gasteiger charge is -2.12. The topological polar surface area (TPSA) is 32.3 Å². The van der Waals surface area contributed by atoms with Gasteiger partial charge in [-0.2, -0.15) is 0 Å². The van der Waals surface area contributed by atoms with Crippen molar-refractivity contribution in [2.24, 2.45) is 0 Å². The van der Waals surface area contributed by atoms with Crippen LogP contribution in [0.25, 0.3) is 0 Å². The van der Waals surface area contributed by atoms with Crippen LogP contribution >= 0.6 is 27.5 Å². The van der Waals surface area contributed by atoms with Crippen molar-refractivity contribution in [2.45, 2.75) is 12.3 Å². The van der Waals surface area contributed by atoms with Crippen molar-refractivity contribution in [2.75, 3.05) is 13.1 Å². The van der Waals surface area contributed by atoms with E-state index in [1.54, 1.807) is 6.07 Å². The van der Waals surface area contributed by atoms with Crippen LogP contribution in [0.15, 0.2) is 16.6 Å². The SMILES string of the molecule is Oc1cc(Cl)c(Br)cc1C1CCNC1. The van der Waals surface area contributed by atoms with Crippen molar-refractivity contribution >= 4 is 27.5 Å². The van der Waals surface area contributed by atoms with E-state index in [1.807, 2.05) is 6.07 Å². The summed E-state index contributed by atoms with van der Waals surface area (Å²) in [5.41, 5.74) is 0.978. The first-order valence-corrected chi connectivity index (χ1v) is 5.74. The molecule has 0 radical (unpaired) electrons. The van der Waals surface area contributed by atoms with Crippen LogP contribution in [0.2, 0.25) is 5.02 Å². The van der Waals surface area contributed by atoms with Gasteiger partial charge < -0.3 is 10.4 Å². The Balaban J connectivity index is 2.37. The maximum Gasteiger partial charge on any atom is 0.120 e. The molecule has 1 aliphatic heterocycles. The van der Waals surface area contributed by atoms with E-state index >= 15 is 0 Å². The largest absolute Gasteiger partial charge is 0.508 e. The zero-order valence-corrected chi connectivity index (χ0v) is 9.90. The molecule has 76 valence electrons. The Bertz CT molecular complexity index is 350. The molecule has 1 saturated heterocycles. The van der Waals surface area contributed by atoms with Crippen LogP contribution in [0.4, 0.5) is 0 Å². The van der Waals surface area contributed by atoms with Crippen LogP contribution in [-0.4, -0.2) is 18.2 Å². The fraction of sp³-hybridized carbons (Fsp3) is 0.400. The number of halogens is 2. The average molecular weight is 277 g/mol. The van der Waals surface area contributed by atoms with Gasteiger partial charge in [0.2, 0.25) is 0 Å². The third kappa shape index (κ3) is 1.90. The second-order valence-corrected chi connectivity index (χ2v) is 4.78. The summed E-state index contributed by atoms with van der Waals surface area (Å²) in [6, 6.07) is 3.51. The fourth-order valence-electron chi connectivity index (χ4n) is 1.80. The van der Waals surface area contributed by atoms with Gasteiger partial charge in [0.1, 0.15) is 5.75 Å². The number of aromatic hydroxyl groups is 1. The lowest BCUT2D eigenvalue weighted by Crippen LogP contribution is -2.08. The summed E-state index contributed by atoms with van der Waals surface area (Å²) < 4.78 is 0.846. The van der Waals surface area contributed by atoms with Gasteiger partial charge in [0.25, 0.3) is 0 Å². The summed E-state index contributed by atoms with van der Waals surface area (Å²) in [5, 5.41) is 13.6. The molecule has 0 spiro atoms. The van der Waals surface area contributed by atoms with Gasteiger partial charge >= 0.3 is 0 Å². The highest BCUT2D eigenvalue weighted by Gasteiger charge is 2.20. The Kier molecular flexibility index (Phi) is 3.00. The first kappa shape index (κ1) is 10.3. The number of benzene rings is 1. The highest BCUT2D eigenvalue weighted by Crippen LogP contribution is 2.36. The van der Waals surface area contributed by atoms with E-state index in [-0.39, 0.29) is 0 Å². The minimum Gasteiger partial charge on any atom is -0.508 e. The minimum absolute atomic E-state index is 0.298. The van der Waals surface area contributed by atoms with Gasteiger partial charge in [-0.1, -0.05) is 11.6 Å². The maximum atomic E-state index is 9.74. The molecule has 1 atom stereocenters. The highest BCUT2D eigenvalue weighted by molar-refractivity contribution is 9.10. The van der Waals surface area contributed by atoms with Gasteiger partial charge in [-0.3, -0.25) is 0 Å². The molecule has 0 saturated carbocycles. The quantitative estimate of drug-likeness (QED) is 0.827. The predicted octanol–water partition coefficient (Wildman–Crippen LogP) is 2.89. The first-order chi connectivity index (χ1) is 6.68. The number of phenolic OH excluding ortho intramolecular Hbond substituents is 1. The summed E-state index contributed by atoms with van der Waals surface area (Å²) in [6.07, 6.45) is 1.07. The normalized spacial score (nSPS) is 21.4. The van der Waals surface area contributed by atoms with Gasteiger partial charge in [0, 0.05) is 16.9 Å². The number of phenols is 1. The number of hydrogen-bond acceptors (Lipinski definition) is 2. The Hall–Kier alpha value is -0.250. The van der Waals surface area contributed by atoms with Crippen LogP contribution in [0.5, 0.6) is 5.75 Å². The van der Waals surface area contributed by atoms with E-state index in [9.17, 15) is 5.11 Å². The molecular weight excluding hydrogens is 265 g/mol. The smallest absolute Gasteiger partial charge is 0.120 e. The molecule has 1 fully saturated rings. The Morgan fingerprint density at radius 1 is 1.50 bits per heavy atom. The molecule has 0 amide bonds. The average Bonchev–Trinajstić information content (AvgIpc) is 2.64. The van der Waals surface area contributed by atoms with Crippen LogP contribution in [-0.2, 0) is 0 Å². The van der Waals surface area contributed by atoms with Crippen LogP contribution in [0.3, 0.4) is 0 Å². The van der Waals surface area contributed by atoms with Crippen molar-refractivity contribution < 1.29 is 5.11 Å². The molecule has 2 N–H and O–H groups in total. The standard InChI is InChI=1S/C10H11BrClNO/c11-8-3-7(6-1-2-13-5-6)10(14)4-9(8)12/h3-4,6,13-14H,1-2,5H2. The molecule has 1 aromatic carbocycles. The number of rotatable bonds is 1. The second kappa shape index (κ2) is 4.09. The minimum atomic E-state index is 0.298. The molecule has 0 aliphatic carbocycles. The zero-order valence-electron chi connectivity index (χ0n) is 7.56. The van der Waals surface area contributed by atoms with Gasteiger partial charge in [-0.25, -0.2) is 0 Å². The molecule has 2 rings (SSSR count). The molecule has 1 aromatic rings. The van der Waals surface area contributed by atoms with Gasteiger partial charge in [0.15, 0.2) is 0 Å². The molecule has 1 heterocycles. The summed E-state index contributed by atoms with van der Waals surface area (Å²) in [4.78, 5) is 0. The monoisotopic (exact) mass is 275 g/mol. The van der Waals surface area contributed by atoms with E-state index in [0.717, 1.165) is 29.5 Å². The first-order valence-electron chi connectivity index (χ1n) is 4.57. The molecule has 0 aromatic heterocycles. The van der Waals surface area contributed by atoms with E-state index in [2.05, 4.69) is 21.2 Å². The van der Waals surface area contributed by atoms with Crippen molar-refractivity contribution in [3.05, 3.63) is 27.2 Å². The molecule has 14 heavy (non-hydrogen) atoms. The van der Waals surface area contributed by atoms with Gasteiger partial charge in [-0.05, 0) is 46.6 Å². The second-order valence-electron chi connectivity index (χ2n) is 3.51. The third-order valence-electron chi connectivity index (χ3n) is 2.57. The van der Waals surface area contributed by atoms with Crippen LogP contribution in [0, 0.1) is 0 Å². The van der Waals surface area contributed by atoms with Crippen molar-refractivity contribution in [3.63, 3.8) is 0 Å². The predicted molar refractivity (Wildman–Crippen MR) is 61.0 cm³/mol. The Morgan fingerprint density at radius 2 is 2.29 bits per heavy atom. The van der Waals surface area contributed by atoms with Crippen molar-refractivity contribution in [1.82, 2.24) is 5.32 Å². The Labute approximate surface area is 96.4 Å². The van der Waals surface area contributed by atoms with E-state index in [1.165, 1.54) is 0 Å². The summed E-state index contributed by atoms with van der Waals surface area (Å²) in [7, 11) is 0. The fourth-order valence-corrected chi connectivity index (χ4v) is 2.32. The van der Waals surface area contributed by atoms with Crippen LogP contribution < -0.4 is 5.32 Å². The molecule has 2 nitrogen and oxygen atoms in total. The van der Waals surface area contributed by atoms with Gasteiger partial charge in [-0.15, -0.1) is 0 Å². The highest BCUT2D eigenvalue weighted by atomic mass is 79.9. The van der Waals surface area contributed by atoms with E-state index in [4.69, 9.17) is 11.6 Å². The number of hydrogen-bond donors (Lipinski definition) is 2. The molecular formula is C10H11BrClNO. The molecule has 0 bridgehead atoms. The Morgan fingerprint density at radius 3 is 2.93 bits per heavy atom. The third-order valence-corrected chi connectivity index (χ3v) is 3.77. The molecule has 1 aliphatic rings. The lowest BCUT2D eigenvalue weighted by molar-refractivity contribution is 0.462. The zero-order chi connectivity index (χ0) is 10.1. The van der Waals surface area contributed by atoms with E-state index < -0.39 is 0 Å². The van der Waals surface area contributed by atoms with E-state index in [0.29, 0.717) is 16.7 Å². The van der Waals surface area contributed by atoms with Crippen LogP contribution in [0.1, 0.15) is 17.9 Å².